The van der Waals surface area contributed by atoms with Crippen LogP contribution in [0, 0.1) is 5.41 Å². The van der Waals surface area contributed by atoms with Crippen LogP contribution in [0.5, 0.6) is 5.75 Å². The zero-order chi connectivity index (χ0) is 12.9. The summed E-state index contributed by atoms with van der Waals surface area (Å²) in [5.41, 5.74) is 1.54. The fourth-order valence-electron chi connectivity index (χ4n) is 1.55. The van der Waals surface area contributed by atoms with Gasteiger partial charge in [-0.05, 0) is 30.0 Å². The van der Waals surface area contributed by atoms with Crippen LogP contribution in [0.15, 0.2) is 22.7 Å². The highest BCUT2D eigenvalue weighted by Gasteiger charge is 2.14. The Bertz CT molecular complexity index is 363. The van der Waals surface area contributed by atoms with Crippen molar-refractivity contribution in [1.29, 1.82) is 0 Å². The molecule has 0 radical (unpaired) electrons. The molecule has 0 bridgehead atoms. The Balaban J connectivity index is 2.59. The first-order valence-corrected chi connectivity index (χ1v) is 6.81. The van der Waals surface area contributed by atoms with Crippen molar-refractivity contribution in [3.8, 4) is 5.75 Å². The first-order chi connectivity index (χ1) is 7.98. The summed E-state index contributed by atoms with van der Waals surface area (Å²) in [5, 5.41) is 3.49. The van der Waals surface area contributed by atoms with Gasteiger partial charge in [0.1, 0.15) is 5.75 Å². The van der Waals surface area contributed by atoms with Gasteiger partial charge in [0.2, 0.25) is 0 Å². The van der Waals surface area contributed by atoms with E-state index in [0.29, 0.717) is 5.41 Å². The molecule has 0 aliphatic rings. The van der Waals surface area contributed by atoms with E-state index in [1.165, 1.54) is 12.0 Å². The molecule has 0 spiro atoms. The van der Waals surface area contributed by atoms with Crippen LogP contribution in [0.4, 0.5) is 0 Å². The van der Waals surface area contributed by atoms with E-state index in [4.69, 9.17) is 4.74 Å². The van der Waals surface area contributed by atoms with E-state index in [2.05, 4.69) is 48.1 Å². The lowest BCUT2D eigenvalue weighted by Crippen LogP contribution is -2.28. The molecule has 0 heterocycles. The SMILES string of the molecule is CCC(C)(C)CNCc1cc(Br)ccc1OC. The number of hydrogen-bond donors (Lipinski definition) is 1. The van der Waals surface area contributed by atoms with Gasteiger partial charge in [0, 0.05) is 23.1 Å². The van der Waals surface area contributed by atoms with Crippen molar-refractivity contribution >= 4 is 15.9 Å². The van der Waals surface area contributed by atoms with Gasteiger partial charge < -0.3 is 10.1 Å². The predicted molar refractivity (Wildman–Crippen MR) is 76.5 cm³/mol. The summed E-state index contributed by atoms with van der Waals surface area (Å²) < 4.78 is 6.44. The second-order valence-corrected chi connectivity index (χ2v) is 5.99. The molecule has 2 nitrogen and oxygen atoms in total. The molecule has 0 amide bonds. The molecule has 0 aliphatic heterocycles. The van der Waals surface area contributed by atoms with Gasteiger partial charge in [0.15, 0.2) is 0 Å². The predicted octanol–water partition coefficient (Wildman–Crippen LogP) is 3.98. The number of methoxy groups -OCH3 is 1. The minimum Gasteiger partial charge on any atom is -0.496 e. The van der Waals surface area contributed by atoms with Crippen molar-refractivity contribution < 1.29 is 4.74 Å². The Hall–Kier alpha value is -0.540. The third-order valence-electron chi connectivity index (χ3n) is 3.12. The molecule has 3 heteroatoms. The molecule has 1 N–H and O–H groups in total. The van der Waals surface area contributed by atoms with E-state index in [9.17, 15) is 0 Å². The molecule has 0 atom stereocenters. The van der Waals surface area contributed by atoms with Crippen LogP contribution in [-0.4, -0.2) is 13.7 Å². The number of nitrogens with one attached hydrogen (secondary N) is 1. The van der Waals surface area contributed by atoms with Gasteiger partial charge in [0.25, 0.3) is 0 Å². The van der Waals surface area contributed by atoms with Crippen molar-refractivity contribution in [2.45, 2.75) is 33.7 Å². The summed E-state index contributed by atoms with van der Waals surface area (Å²) in [7, 11) is 1.71. The van der Waals surface area contributed by atoms with Crippen LogP contribution >= 0.6 is 15.9 Å². The lowest BCUT2D eigenvalue weighted by Gasteiger charge is -2.23. The molecule has 0 fully saturated rings. The van der Waals surface area contributed by atoms with Crippen LogP contribution in [0.1, 0.15) is 32.8 Å². The van der Waals surface area contributed by atoms with E-state index in [1.807, 2.05) is 12.1 Å². The van der Waals surface area contributed by atoms with Gasteiger partial charge in [0.05, 0.1) is 7.11 Å². The monoisotopic (exact) mass is 299 g/mol. The molecular weight excluding hydrogens is 278 g/mol. The smallest absolute Gasteiger partial charge is 0.123 e. The molecule has 0 saturated carbocycles. The molecule has 17 heavy (non-hydrogen) atoms. The lowest BCUT2D eigenvalue weighted by molar-refractivity contribution is 0.326. The van der Waals surface area contributed by atoms with Gasteiger partial charge in [-0.25, -0.2) is 0 Å². The number of ether oxygens (including phenoxy) is 1. The largest absolute Gasteiger partial charge is 0.496 e. The van der Waals surface area contributed by atoms with E-state index < -0.39 is 0 Å². The minimum absolute atomic E-state index is 0.346. The highest BCUT2D eigenvalue weighted by Crippen LogP contribution is 2.23. The van der Waals surface area contributed by atoms with Crippen LogP contribution in [0.25, 0.3) is 0 Å². The summed E-state index contributed by atoms with van der Waals surface area (Å²) >= 11 is 3.49. The quantitative estimate of drug-likeness (QED) is 0.858. The van der Waals surface area contributed by atoms with Crippen molar-refractivity contribution in [3.63, 3.8) is 0 Å². The molecule has 96 valence electrons. The van der Waals surface area contributed by atoms with E-state index in [1.54, 1.807) is 7.11 Å². The Morgan fingerprint density at radius 3 is 2.65 bits per heavy atom. The van der Waals surface area contributed by atoms with Crippen LogP contribution in [0.3, 0.4) is 0 Å². The van der Waals surface area contributed by atoms with Gasteiger partial charge >= 0.3 is 0 Å². The third-order valence-corrected chi connectivity index (χ3v) is 3.61. The van der Waals surface area contributed by atoms with Crippen molar-refractivity contribution in [1.82, 2.24) is 5.32 Å². The first-order valence-electron chi connectivity index (χ1n) is 6.01. The molecule has 0 aromatic heterocycles. The molecule has 1 aromatic carbocycles. The van der Waals surface area contributed by atoms with Crippen molar-refractivity contribution in [3.05, 3.63) is 28.2 Å². The maximum absolute atomic E-state index is 5.35. The highest BCUT2D eigenvalue weighted by atomic mass is 79.9. The number of rotatable bonds is 6. The molecule has 1 aromatic rings. The second-order valence-electron chi connectivity index (χ2n) is 5.08. The molecule has 0 aliphatic carbocycles. The zero-order valence-electron chi connectivity index (χ0n) is 11.1. The molecule has 0 unspecified atom stereocenters. The number of halogens is 1. The summed E-state index contributed by atoms with van der Waals surface area (Å²) in [4.78, 5) is 0. The Labute approximate surface area is 113 Å². The highest BCUT2D eigenvalue weighted by molar-refractivity contribution is 9.10. The van der Waals surface area contributed by atoms with E-state index >= 15 is 0 Å². The van der Waals surface area contributed by atoms with Crippen molar-refractivity contribution in [2.24, 2.45) is 5.41 Å². The zero-order valence-corrected chi connectivity index (χ0v) is 12.7. The van der Waals surface area contributed by atoms with Gasteiger partial charge in [-0.3, -0.25) is 0 Å². The maximum Gasteiger partial charge on any atom is 0.123 e. The number of benzene rings is 1. The summed E-state index contributed by atoms with van der Waals surface area (Å²) in [6, 6.07) is 6.09. The summed E-state index contributed by atoms with van der Waals surface area (Å²) in [6.45, 7) is 8.63. The topological polar surface area (TPSA) is 21.3 Å². The van der Waals surface area contributed by atoms with E-state index in [0.717, 1.165) is 23.3 Å². The van der Waals surface area contributed by atoms with Gasteiger partial charge in [-0.2, -0.15) is 0 Å². The minimum atomic E-state index is 0.346. The average molecular weight is 300 g/mol. The Morgan fingerprint density at radius 2 is 2.06 bits per heavy atom. The second kappa shape index (κ2) is 6.41. The van der Waals surface area contributed by atoms with Gasteiger partial charge in [-0.1, -0.05) is 36.7 Å². The Kier molecular flexibility index (Phi) is 5.47. The standard InChI is InChI=1S/C14H22BrNO/c1-5-14(2,3)10-16-9-11-8-12(15)6-7-13(11)17-4/h6-8,16H,5,9-10H2,1-4H3. The lowest BCUT2D eigenvalue weighted by atomic mass is 9.90. The normalized spacial score (nSPS) is 11.6. The van der Waals surface area contributed by atoms with Crippen LogP contribution in [0.2, 0.25) is 0 Å². The summed E-state index contributed by atoms with van der Waals surface area (Å²) in [6.07, 6.45) is 1.18. The first kappa shape index (κ1) is 14.5. The van der Waals surface area contributed by atoms with Crippen LogP contribution < -0.4 is 10.1 Å². The maximum atomic E-state index is 5.35. The molecule has 1 rings (SSSR count). The average Bonchev–Trinajstić information content (AvgIpc) is 2.29. The van der Waals surface area contributed by atoms with Crippen molar-refractivity contribution in [2.75, 3.05) is 13.7 Å². The molecular formula is C14H22BrNO. The summed E-state index contributed by atoms with van der Waals surface area (Å²) in [5.74, 6) is 0.940. The molecule has 0 saturated heterocycles. The fraction of sp³-hybridized carbons (Fsp3) is 0.571. The third kappa shape index (κ3) is 4.68. The fourth-order valence-corrected chi connectivity index (χ4v) is 1.95. The Morgan fingerprint density at radius 1 is 1.35 bits per heavy atom. The van der Waals surface area contributed by atoms with Crippen LogP contribution in [-0.2, 0) is 6.54 Å². The van der Waals surface area contributed by atoms with E-state index in [-0.39, 0.29) is 0 Å². The van der Waals surface area contributed by atoms with Gasteiger partial charge in [-0.15, -0.1) is 0 Å². The number of hydrogen-bond acceptors (Lipinski definition) is 2.